The number of ether oxygens (including phenoxy) is 1. The summed E-state index contributed by atoms with van der Waals surface area (Å²) in [5, 5.41) is 0. The average molecular weight is 233 g/mol. The van der Waals surface area contributed by atoms with Gasteiger partial charge in [-0.25, -0.2) is 0 Å². The third kappa shape index (κ3) is 4.61. The molecule has 0 heterocycles. The second-order valence-corrected chi connectivity index (χ2v) is 4.49. The molecule has 0 spiro atoms. The van der Waals surface area contributed by atoms with Crippen LogP contribution < -0.4 is 10.5 Å². The Bertz CT molecular complexity index is 329. The van der Waals surface area contributed by atoms with Gasteiger partial charge in [0.25, 0.3) is 0 Å². The van der Waals surface area contributed by atoms with Gasteiger partial charge in [0.2, 0.25) is 0 Å². The van der Waals surface area contributed by atoms with Crippen molar-refractivity contribution in [2.45, 2.75) is 38.6 Å². The predicted molar refractivity (Wildman–Crippen MR) is 73.4 cm³/mol. The number of rotatable bonds is 7. The Morgan fingerprint density at radius 3 is 2.47 bits per heavy atom. The highest BCUT2D eigenvalue weighted by atomic mass is 16.5. The Balaban J connectivity index is 2.67. The van der Waals surface area contributed by atoms with E-state index in [1.165, 1.54) is 5.56 Å². The van der Waals surface area contributed by atoms with Crippen LogP contribution in [-0.2, 0) is 0 Å². The Hall–Kier alpha value is -1.28. The van der Waals surface area contributed by atoms with Crippen molar-refractivity contribution in [1.82, 2.24) is 0 Å². The summed E-state index contributed by atoms with van der Waals surface area (Å²) in [6.07, 6.45) is 3.90. The molecule has 2 nitrogen and oxygen atoms in total. The third-order valence-electron chi connectivity index (χ3n) is 2.87. The van der Waals surface area contributed by atoms with E-state index in [1.54, 1.807) is 6.08 Å². The van der Waals surface area contributed by atoms with Crippen molar-refractivity contribution in [3.05, 3.63) is 42.5 Å². The molecule has 0 radical (unpaired) electrons. The minimum atomic E-state index is 0.247. The van der Waals surface area contributed by atoms with Crippen molar-refractivity contribution in [3.8, 4) is 5.75 Å². The smallest absolute Gasteiger partial charge is 0.119 e. The van der Waals surface area contributed by atoms with Crippen LogP contribution in [0.2, 0.25) is 0 Å². The zero-order chi connectivity index (χ0) is 12.7. The molecule has 2 N–H and O–H groups in total. The lowest BCUT2D eigenvalue weighted by molar-refractivity contribution is 0.363. The first kappa shape index (κ1) is 13.8. The second kappa shape index (κ2) is 7.13. The number of hydrogen-bond acceptors (Lipinski definition) is 2. The quantitative estimate of drug-likeness (QED) is 0.732. The van der Waals surface area contributed by atoms with Gasteiger partial charge in [0, 0.05) is 6.04 Å². The van der Waals surface area contributed by atoms with Gasteiger partial charge >= 0.3 is 0 Å². The summed E-state index contributed by atoms with van der Waals surface area (Å²) in [6.45, 7) is 8.44. The summed E-state index contributed by atoms with van der Waals surface area (Å²) in [5.41, 5.74) is 7.21. The highest BCUT2D eigenvalue weighted by Crippen LogP contribution is 2.26. The van der Waals surface area contributed by atoms with E-state index in [0.29, 0.717) is 12.5 Å². The van der Waals surface area contributed by atoms with E-state index < -0.39 is 0 Å². The maximum absolute atomic E-state index is 5.87. The molecule has 0 fully saturated rings. The van der Waals surface area contributed by atoms with Crippen LogP contribution in [0, 0.1) is 0 Å². The molecular formula is C15H23NO. The molecule has 94 valence electrons. The summed E-state index contributed by atoms with van der Waals surface area (Å²) in [7, 11) is 0. The largest absolute Gasteiger partial charge is 0.490 e. The monoisotopic (exact) mass is 233 g/mol. The van der Waals surface area contributed by atoms with Crippen LogP contribution in [0.3, 0.4) is 0 Å². The van der Waals surface area contributed by atoms with Crippen molar-refractivity contribution in [2.24, 2.45) is 5.73 Å². The topological polar surface area (TPSA) is 35.2 Å². The number of nitrogens with two attached hydrogens (primary N) is 1. The molecule has 0 saturated heterocycles. The van der Waals surface area contributed by atoms with Gasteiger partial charge in [-0.2, -0.15) is 0 Å². The standard InChI is InChI=1S/C15H23NO/c1-4-10-17-15-8-6-14(7-9-15)13(5-2)11-12(3)16/h4,6-9,12-13H,1,5,10-11,16H2,2-3H3/t12-,13?/m1/s1. The molecule has 0 aliphatic heterocycles. The Kier molecular flexibility index (Phi) is 5.78. The van der Waals surface area contributed by atoms with Crippen LogP contribution >= 0.6 is 0 Å². The highest BCUT2D eigenvalue weighted by molar-refractivity contribution is 5.29. The molecule has 2 heteroatoms. The predicted octanol–water partition coefficient (Wildman–Crippen LogP) is 3.48. The van der Waals surface area contributed by atoms with Crippen LogP contribution in [0.1, 0.15) is 38.2 Å². The molecule has 2 atom stereocenters. The summed E-state index contributed by atoms with van der Waals surface area (Å²) >= 11 is 0. The van der Waals surface area contributed by atoms with E-state index in [2.05, 4.69) is 32.6 Å². The van der Waals surface area contributed by atoms with E-state index in [-0.39, 0.29) is 6.04 Å². The summed E-state index contributed by atoms with van der Waals surface area (Å²) in [5.74, 6) is 1.44. The highest BCUT2D eigenvalue weighted by Gasteiger charge is 2.11. The zero-order valence-corrected chi connectivity index (χ0v) is 10.9. The molecule has 0 aliphatic rings. The summed E-state index contributed by atoms with van der Waals surface area (Å²) in [6, 6.07) is 8.55. The number of hydrogen-bond donors (Lipinski definition) is 1. The first-order chi connectivity index (χ1) is 8.17. The Morgan fingerprint density at radius 1 is 1.35 bits per heavy atom. The molecule has 0 aromatic heterocycles. The third-order valence-corrected chi connectivity index (χ3v) is 2.87. The molecule has 1 aromatic carbocycles. The minimum Gasteiger partial charge on any atom is -0.490 e. The van der Waals surface area contributed by atoms with Crippen LogP contribution in [-0.4, -0.2) is 12.6 Å². The molecule has 17 heavy (non-hydrogen) atoms. The molecule has 0 saturated carbocycles. The lowest BCUT2D eigenvalue weighted by atomic mass is 9.90. The molecule has 0 bridgehead atoms. The van der Waals surface area contributed by atoms with Gasteiger partial charge in [-0.3, -0.25) is 0 Å². The minimum absolute atomic E-state index is 0.247. The Morgan fingerprint density at radius 2 is 2.00 bits per heavy atom. The van der Waals surface area contributed by atoms with Gasteiger partial charge in [0.1, 0.15) is 12.4 Å². The fourth-order valence-electron chi connectivity index (χ4n) is 1.98. The van der Waals surface area contributed by atoms with E-state index in [0.717, 1.165) is 18.6 Å². The van der Waals surface area contributed by atoms with Crippen LogP contribution in [0.5, 0.6) is 5.75 Å². The molecule has 1 aromatic rings. The van der Waals surface area contributed by atoms with E-state index in [9.17, 15) is 0 Å². The lowest BCUT2D eigenvalue weighted by Gasteiger charge is -2.18. The van der Waals surface area contributed by atoms with Crippen LogP contribution in [0.15, 0.2) is 36.9 Å². The first-order valence-electron chi connectivity index (χ1n) is 6.26. The van der Waals surface area contributed by atoms with Gasteiger partial charge in [-0.1, -0.05) is 31.7 Å². The SMILES string of the molecule is C=CCOc1ccc(C(CC)C[C@@H](C)N)cc1. The van der Waals surface area contributed by atoms with Crippen molar-refractivity contribution < 1.29 is 4.74 Å². The zero-order valence-electron chi connectivity index (χ0n) is 10.9. The van der Waals surface area contributed by atoms with E-state index in [1.807, 2.05) is 12.1 Å². The van der Waals surface area contributed by atoms with Gasteiger partial charge in [-0.15, -0.1) is 0 Å². The van der Waals surface area contributed by atoms with Crippen molar-refractivity contribution in [3.63, 3.8) is 0 Å². The van der Waals surface area contributed by atoms with Gasteiger partial charge < -0.3 is 10.5 Å². The average Bonchev–Trinajstić information content (AvgIpc) is 2.34. The van der Waals surface area contributed by atoms with Crippen LogP contribution in [0.4, 0.5) is 0 Å². The van der Waals surface area contributed by atoms with Crippen LogP contribution in [0.25, 0.3) is 0 Å². The van der Waals surface area contributed by atoms with E-state index in [4.69, 9.17) is 10.5 Å². The molecular weight excluding hydrogens is 210 g/mol. The molecule has 0 aliphatic carbocycles. The van der Waals surface area contributed by atoms with Gasteiger partial charge in [0.05, 0.1) is 0 Å². The molecule has 1 rings (SSSR count). The van der Waals surface area contributed by atoms with Crippen molar-refractivity contribution in [1.29, 1.82) is 0 Å². The Labute approximate surface area is 104 Å². The fraction of sp³-hybridized carbons (Fsp3) is 0.467. The maximum atomic E-state index is 5.87. The van der Waals surface area contributed by atoms with Gasteiger partial charge in [0.15, 0.2) is 0 Å². The summed E-state index contributed by atoms with van der Waals surface area (Å²) in [4.78, 5) is 0. The molecule has 0 amide bonds. The fourth-order valence-corrected chi connectivity index (χ4v) is 1.98. The summed E-state index contributed by atoms with van der Waals surface area (Å²) < 4.78 is 5.46. The number of benzene rings is 1. The normalized spacial score (nSPS) is 14.1. The van der Waals surface area contributed by atoms with Gasteiger partial charge in [-0.05, 0) is 43.4 Å². The van der Waals surface area contributed by atoms with Crippen molar-refractivity contribution in [2.75, 3.05) is 6.61 Å². The maximum Gasteiger partial charge on any atom is 0.119 e. The lowest BCUT2D eigenvalue weighted by Crippen LogP contribution is -2.18. The van der Waals surface area contributed by atoms with E-state index >= 15 is 0 Å². The molecule has 1 unspecified atom stereocenters. The van der Waals surface area contributed by atoms with Crippen molar-refractivity contribution >= 4 is 0 Å². The first-order valence-corrected chi connectivity index (χ1v) is 6.26. The second-order valence-electron chi connectivity index (χ2n) is 4.49.